The van der Waals surface area contributed by atoms with E-state index in [4.69, 9.17) is 0 Å². The maximum Gasteiger partial charge on any atom is 0.251 e. The highest BCUT2D eigenvalue weighted by Gasteiger charge is 2.81. The molecular formula is C26H21N3O3S. The number of rotatable bonds is 2. The summed E-state index contributed by atoms with van der Waals surface area (Å²) in [6, 6.07) is 18.7. The molecule has 5 heterocycles. The molecule has 7 rings (SSSR count). The van der Waals surface area contributed by atoms with Gasteiger partial charge in [-0.3, -0.25) is 19.3 Å². The van der Waals surface area contributed by atoms with Gasteiger partial charge in [0.2, 0.25) is 5.91 Å². The van der Waals surface area contributed by atoms with Crippen molar-refractivity contribution in [3.63, 3.8) is 0 Å². The molecule has 164 valence electrons. The van der Waals surface area contributed by atoms with Crippen molar-refractivity contribution in [1.29, 1.82) is 0 Å². The zero-order chi connectivity index (χ0) is 22.4. The molecule has 6 nitrogen and oxygen atoms in total. The van der Waals surface area contributed by atoms with E-state index >= 15 is 0 Å². The molecule has 0 aliphatic carbocycles. The Morgan fingerprint density at radius 3 is 2.36 bits per heavy atom. The molecular weight excluding hydrogens is 434 g/mol. The van der Waals surface area contributed by atoms with Crippen LogP contribution in [0.5, 0.6) is 0 Å². The second-order valence-electron chi connectivity index (χ2n) is 9.24. The smallest absolute Gasteiger partial charge is 0.251 e. The van der Waals surface area contributed by atoms with Crippen LogP contribution in [0, 0.1) is 5.92 Å². The summed E-state index contributed by atoms with van der Waals surface area (Å²) in [7, 11) is 0. The number of benzene rings is 2. The Hall–Kier alpha value is -3.29. The Labute approximate surface area is 194 Å². The molecule has 1 aromatic heterocycles. The van der Waals surface area contributed by atoms with E-state index < -0.39 is 16.9 Å². The lowest BCUT2D eigenvalue weighted by atomic mass is 9.57. The van der Waals surface area contributed by atoms with Crippen molar-refractivity contribution in [2.45, 2.75) is 29.8 Å². The Bertz CT molecular complexity index is 1350. The average Bonchev–Trinajstić information content (AvgIpc) is 3.62. The number of thiophene rings is 1. The van der Waals surface area contributed by atoms with Gasteiger partial charge in [0.05, 0.1) is 10.8 Å². The van der Waals surface area contributed by atoms with Gasteiger partial charge in [0.1, 0.15) is 11.0 Å². The summed E-state index contributed by atoms with van der Waals surface area (Å²) >= 11 is 1.39. The number of amides is 2. The molecule has 4 aliphatic rings. The van der Waals surface area contributed by atoms with Crippen LogP contribution in [0.15, 0.2) is 66.0 Å². The number of para-hydroxylation sites is 2. The van der Waals surface area contributed by atoms with Gasteiger partial charge >= 0.3 is 0 Å². The van der Waals surface area contributed by atoms with Crippen LogP contribution < -0.4 is 10.6 Å². The third kappa shape index (κ3) is 2.02. The van der Waals surface area contributed by atoms with Crippen LogP contribution in [0.4, 0.5) is 11.4 Å². The molecule has 2 saturated heterocycles. The zero-order valence-corrected chi connectivity index (χ0v) is 18.5. The Morgan fingerprint density at radius 1 is 0.909 bits per heavy atom. The lowest BCUT2D eigenvalue weighted by Gasteiger charge is -2.43. The summed E-state index contributed by atoms with van der Waals surface area (Å²) in [4.78, 5) is 45.4. The zero-order valence-electron chi connectivity index (χ0n) is 17.7. The number of anilines is 2. The Balaban J connectivity index is 1.62. The average molecular weight is 456 g/mol. The molecule has 2 aromatic carbocycles. The Morgan fingerprint density at radius 2 is 1.61 bits per heavy atom. The minimum atomic E-state index is -1.35. The van der Waals surface area contributed by atoms with Crippen molar-refractivity contribution in [2.75, 3.05) is 17.2 Å². The molecule has 2 amide bonds. The van der Waals surface area contributed by atoms with Crippen LogP contribution in [0.1, 0.15) is 33.6 Å². The fraction of sp³-hybridized carbons (Fsp3) is 0.269. The third-order valence-corrected chi connectivity index (χ3v) is 8.93. The molecule has 0 unspecified atom stereocenters. The maximum atomic E-state index is 14.2. The number of carbonyl (C=O) groups excluding carboxylic acids is 3. The van der Waals surface area contributed by atoms with Crippen molar-refractivity contribution in [3.05, 3.63) is 82.0 Å². The topological polar surface area (TPSA) is 78.5 Å². The molecule has 0 radical (unpaired) electrons. The summed E-state index contributed by atoms with van der Waals surface area (Å²) in [5.41, 5.74) is 0.297. The van der Waals surface area contributed by atoms with Crippen molar-refractivity contribution in [3.8, 4) is 0 Å². The number of hydrogen-bond donors (Lipinski definition) is 2. The maximum absolute atomic E-state index is 14.2. The molecule has 7 heteroatoms. The first kappa shape index (κ1) is 19.2. The number of ketones is 1. The molecule has 4 atom stereocenters. The van der Waals surface area contributed by atoms with E-state index in [1.165, 1.54) is 11.3 Å². The lowest BCUT2D eigenvalue weighted by molar-refractivity contribution is -0.137. The van der Waals surface area contributed by atoms with Gasteiger partial charge in [-0.05, 0) is 48.5 Å². The van der Waals surface area contributed by atoms with Crippen LogP contribution >= 0.6 is 11.3 Å². The van der Waals surface area contributed by atoms with E-state index in [2.05, 4.69) is 15.5 Å². The predicted octanol–water partition coefficient (Wildman–Crippen LogP) is 3.76. The van der Waals surface area contributed by atoms with Crippen LogP contribution in [0.25, 0.3) is 0 Å². The van der Waals surface area contributed by atoms with Gasteiger partial charge in [0, 0.05) is 23.0 Å². The number of Topliss-reactive ketones (excluding diaryl/α,β-unsaturated/α-hetero) is 1. The van der Waals surface area contributed by atoms with E-state index in [-0.39, 0.29) is 23.6 Å². The van der Waals surface area contributed by atoms with Gasteiger partial charge in [-0.2, -0.15) is 0 Å². The SMILES string of the molecule is O=C(c1cccs1)[C@@H]1[C@H]2CCCN2[C@]2(C(=O)Nc3ccccc32)[C@@]12C(=O)Nc1ccccc12. The fourth-order valence-electron chi connectivity index (χ4n) is 7.11. The van der Waals surface area contributed by atoms with E-state index in [0.717, 1.165) is 24.0 Å². The molecule has 4 aliphatic heterocycles. The molecule has 0 bridgehead atoms. The van der Waals surface area contributed by atoms with Gasteiger partial charge in [-0.15, -0.1) is 11.3 Å². The Kier molecular flexibility index (Phi) is 3.72. The van der Waals surface area contributed by atoms with Crippen LogP contribution in [0.3, 0.4) is 0 Å². The van der Waals surface area contributed by atoms with Crippen LogP contribution in [0.2, 0.25) is 0 Å². The highest BCUT2D eigenvalue weighted by molar-refractivity contribution is 7.12. The van der Waals surface area contributed by atoms with Gasteiger partial charge in [0.25, 0.3) is 5.91 Å². The quantitative estimate of drug-likeness (QED) is 0.577. The number of hydrogen-bond acceptors (Lipinski definition) is 5. The minimum Gasteiger partial charge on any atom is -0.325 e. The summed E-state index contributed by atoms with van der Waals surface area (Å²) in [6.07, 6.45) is 1.66. The summed E-state index contributed by atoms with van der Waals surface area (Å²) in [5, 5.41) is 8.01. The highest BCUT2D eigenvalue weighted by Crippen LogP contribution is 2.67. The molecule has 3 aromatic rings. The van der Waals surface area contributed by atoms with E-state index in [1.54, 1.807) is 0 Å². The van der Waals surface area contributed by atoms with Gasteiger partial charge in [-0.25, -0.2) is 0 Å². The van der Waals surface area contributed by atoms with Gasteiger partial charge < -0.3 is 10.6 Å². The summed E-state index contributed by atoms with van der Waals surface area (Å²) < 4.78 is 0. The lowest BCUT2D eigenvalue weighted by Crippen LogP contribution is -2.62. The number of carbonyl (C=O) groups is 3. The standard InChI is InChI=1S/C26H21N3O3S/c30-22(20-12-6-14-33-20)21-19-11-5-13-29(19)26(16-8-2-4-10-18(16)28-24(26)32)25(21)15-7-1-3-9-17(15)27-23(25)31/h1-4,6-10,12,14,19,21H,5,11,13H2,(H,27,31)(H,28,32)/t19-,21+,25-,26-/m1/s1. The van der Waals surface area contributed by atoms with Crippen LogP contribution in [-0.4, -0.2) is 35.1 Å². The molecule has 0 saturated carbocycles. The molecule has 2 fully saturated rings. The molecule has 33 heavy (non-hydrogen) atoms. The summed E-state index contributed by atoms with van der Waals surface area (Å²) in [6.45, 7) is 0.665. The number of nitrogens with one attached hydrogen (secondary N) is 2. The van der Waals surface area contributed by atoms with Crippen LogP contribution in [-0.2, 0) is 20.5 Å². The van der Waals surface area contributed by atoms with Crippen molar-refractivity contribution in [2.24, 2.45) is 5.92 Å². The number of nitrogens with zero attached hydrogens (tertiary/aromatic N) is 1. The first-order valence-corrected chi connectivity index (χ1v) is 12.2. The summed E-state index contributed by atoms with van der Waals surface area (Å²) in [5.74, 6) is -1.20. The third-order valence-electron chi connectivity index (χ3n) is 8.05. The van der Waals surface area contributed by atoms with Crippen molar-refractivity contribution in [1.82, 2.24) is 4.90 Å². The van der Waals surface area contributed by atoms with Gasteiger partial charge in [0.15, 0.2) is 5.78 Å². The van der Waals surface area contributed by atoms with E-state index in [9.17, 15) is 14.4 Å². The van der Waals surface area contributed by atoms with E-state index in [1.807, 2.05) is 66.0 Å². The number of fused-ring (bicyclic) bond motifs is 7. The first-order chi connectivity index (χ1) is 16.1. The molecule has 2 spiro atoms. The molecule has 2 N–H and O–H groups in total. The minimum absolute atomic E-state index is 0.0530. The van der Waals surface area contributed by atoms with E-state index in [0.29, 0.717) is 22.8 Å². The monoisotopic (exact) mass is 455 g/mol. The highest BCUT2D eigenvalue weighted by atomic mass is 32.1. The largest absolute Gasteiger partial charge is 0.325 e. The second-order valence-corrected chi connectivity index (χ2v) is 10.2. The predicted molar refractivity (Wildman–Crippen MR) is 125 cm³/mol. The second kappa shape index (κ2) is 6.40. The van der Waals surface area contributed by atoms with Crippen molar-refractivity contribution >= 4 is 40.3 Å². The van der Waals surface area contributed by atoms with Gasteiger partial charge in [-0.1, -0.05) is 42.5 Å². The fourth-order valence-corrected chi connectivity index (χ4v) is 7.81. The normalized spacial score (nSPS) is 31.5. The van der Waals surface area contributed by atoms with Crippen molar-refractivity contribution < 1.29 is 14.4 Å². The first-order valence-electron chi connectivity index (χ1n) is 11.3.